The predicted octanol–water partition coefficient (Wildman–Crippen LogP) is 0.955. The molecule has 0 saturated carbocycles. The topological polar surface area (TPSA) is 85.0 Å². The van der Waals surface area contributed by atoms with Crippen molar-refractivity contribution in [1.82, 2.24) is 4.31 Å². The van der Waals surface area contributed by atoms with E-state index < -0.39 is 14.9 Å². The van der Waals surface area contributed by atoms with Crippen LogP contribution in [0.15, 0.2) is 53.4 Å². The number of nitro groups is 1. The van der Waals surface area contributed by atoms with Crippen molar-refractivity contribution in [2.45, 2.75) is 4.90 Å². The van der Waals surface area contributed by atoms with E-state index in [1.54, 1.807) is 12.1 Å². The molecule has 0 spiro atoms. The highest BCUT2D eigenvalue weighted by molar-refractivity contribution is 7.89. The summed E-state index contributed by atoms with van der Waals surface area (Å²) in [5, 5.41) is 10.8. The Balaban J connectivity index is 1.74. The van der Waals surface area contributed by atoms with Gasteiger partial charge in [-0.15, -0.1) is 0 Å². The van der Waals surface area contributed by atoms with Crippen molar-refractivity contribution in [3.05, 3.63) is 64.5 Å². The van der Waals surface area contributed by atoms with E-state index in [1.165, 1.54) is 34.6 Å². The van der Waals surface area contributed by atoms with Crippen molar-refractivity contribution in [2.75, 3.05) is 26.2 Å². The van der Waals surface area contributed by atoms with Crippen LogP contribution in [0, 0.1) is 15.9 Å². The molecule has 0 aliphatic carbocycles. The van der Waals surface area contributed by atoms with E-state index in [1.807, 2.05) is 0 Å². The molecule has 9 heteroatoms. The highest BCUT2D eigenvalue weighted by Gasteiger charge is 2.31. The van der Waals surface area contributed by atoms with Gasteiger partial charge in [0.25, 0.3) is 5.69 Å². The zero-order chi connectivity index (χ0) is 18.0. The third-order valence-corrected chi connectivity index (χ3v) is 6.14. The summed E-state index contributed by atoms with van der Waals surface area (Å²) < 4.78 is 39.7. The van der Waals surface area contributed by atoms with Crippen molar-refractivity contribution < 1.29 is 22.6 Å². The number of hydrogen-bond donors (Lipinski definition) is 1. The number of rotatable bonds is 4. The molecule has 0 bridgehead atoms. The van der Waals surface area contributed by atoms with Gasteiger partial charge in [0.1, 0.15) is 11.5 Å². The van der Waals surface area contributed by atoms with E-state index in [4.69, 9.17) is 0 Å². The molecule has 0 atom stereocenters. The van der Waals surface area contributed by atoms with Crippen molar-refractivity contribution in [3.8, 4) is 0 Å². The Morgan fingerprint density at radius 1 is 1.08 bits per heavy atom. The van der Waals surface area contributed by atoms with Crippen LogP contribution in [0.3, 0.4) is 0 Å². The Morgan fingerprint density at radius 3 is 2.32 bits per heavy atom. The maximum absolute atomic E-state index is 13.0. The van der Waals surface area contributed by atoms with Crippen LogP contribution in [0.4, 0.5) is 15.8 Å². The van der Waals surface area contributed by atoms with Gasteiger partial charge in [-0.2, -0.15) is 4.31 Å². The summed E-state index contributed by atoms with van der Waals surface area (Å²) in [6, 6.07) is 11.2. The quantitative estimate of drug-likeness (QED) is 0.645. The molecular formula is C16H17FN3O4S+. The Labute approximate surface area is 144 Å². The van der Waals surface area contributed by atoms with E-state index in [2.05, 4.69) is 0 Å². The molecule has 0 radical (unpaired) electrons. The predicted molar refractivity (Wildman–Crippen MR) is 88.6 cm³/mol. The lowest BCUT2D eigenvalue weighted by Gasteiger charge is -2.31. The van der Waals surface area contributed by atoms with Gasteiger partial charge >= 0.3 is 0 Å². The molecule has 1 heterocycles. The van der Waals surface area contributed by atoms with Crippen molar-refractivity contribution in [1.29, 1.82) is 0 Å². The first kappa shape index (κ1) is 17.5. The zero-order valence-electron chi connectivity index (χ0n) is 13.3. The average molecular weight is 366 g/mol. The summed E-state index contributed by atoms with van der Waals surface area (Å²) in [4.78, 5) is 11.2. The molecule has 0 amide bonds. The average Bonchev–Trinajstić information content (AvgIpc) is 2.62. The van der Waals surface area contributed by atoms with Crippen LogP contribution >= 0.6 is 0 Å². The molecule has 1 fully saturated rings. The first-order chi connectivity index (χ1) is 11.9. The lowest BCUT2D eigenvalue weighted by Crippen LogP contribution is -3.10. The number of hydrogen-bond acceptors (Lipinski definition) is 4. The third kappa shape index (κ3) is 3.68. The monoisotopic (exact) mass is 366 g/mol. The number of sulfonamides is 1. The maximum Gasteiger partial charge on any atom is 0.270 e. The first-order valence-corrected chi connectivity index (χ1v) is 9.17. The Hall–Kier alpha value is -2.36. The van der Waals surface area contributed by atoms with Crippen LogP contribution in [0.1, 0.15) is 0 Å². The lowest BCUT2D eigenvalue weighted by atomic mass is 10.2. The number of halogens is 1. The fraction of sp³-hybridized carbons (Fsp3) is 0.250. The van der Waals surface area contributed by atoms with E-state index in [9.17, 15) is 22.9 Å². The van der Waals surface area contributed by atoms with E-state index in [-0.39, 0.29) is 29.5 Å². The van der Waals surface area contributed by atoms with Crippen LogP contribution < -0.4 is 4.90 Å². The standard InChI is InChI=1S/C16H16FN3O4S/c17-13-4-6-14(7-5-13)18-8-10-19(11-9-18)25(23,24)16-3-1-2-15(12-16)20(21)22/h1-7,12H,8-11H2/p+1. The minimum atomic E-state index is -3.77. The van der Waals surface area contributed by atoms with Gasteiger partial charge in [0.2, 0.25) is 10.0 Å². The Morgan fingerprint density at radius 2 is 1.72 bits per heavy atom. The molecule has 0 aromatic heterocycles. The van der Waals surface area contributed by atoms with Crippen LogP contribution in [0.2, 0.25) is 0 Å². The normalized spacial score (nSPS) is 16.7. The SMILES string of the molecule is O=[N+]([O-])c1cccc(S(=O)(=O)N2CC[NH+](c3ccc(F)cc3)CC2)c1. The van der Waals surface area contributed by atoms with Gasteiger partial charge < -0.3 is 4.90 Å². The van der Waals surface area contributed by atoms with Gasteiger partial charge in [-0.1, -0.05) is 6.07 Å². The largest absolute Gasteiger partial charge is 0.300 e. The molecule has 2 aromatic rings. The Kier molecular flexibility index (Phi) is 4.80. The van der Waals surface area contributed by atoms with E-state index in [0.717, 1.165) is 16.7 Å². The number of non-ortho nitro benzene ring substituents is 1. The minimum absolute atomic E-state index is 0.0769. The highest BCUT2D eigenvalue weighted by atomic mass is 32.2. The maximum atomic E-state index is 13.0. The van der Waals surface area contributed by atoms with E-state index in [0.29, 0.717) is 13.1 Å². The second-order valence-corrected chi connectivity index (χ2v) is 7.71. The number of piperazine rings is 1. The van der Waals surface area contributed by atoms with Crippen LogP contribution in [-0.4, -0.2) is 43.8 Å². The van der Waals surface area contributed by atoms with Crippen LogP contribution in [0.25, 0.3) is 0 Å². The molecule has 25 heavy (non-hydrogen) atoms. The molecule has 2 aromatic carbocycles. The molecule has 1 N–H and O–H groups in total. The molecule has 1 saturated heterocycles. The molecule has 7 nitrogen and oxygen atoms in total. The minimum Gasteiger partial charge on any atom is -0.300 e. The smallest absolute Gasteiger partial charge is 0.270 e. The third-order valence-electron chi connectivity index (χ3n) is 4.24. The second kappa shape index (κ2) is 6.87. The summed E-state index contributed by atoms with van der Waals surface area (Å²) >= 11 is 0. The van der Waals surface area contributed by atoms with Crippen molar-refractivity contribution >= 4 is 21.4 Å². The molecule has 132 valence electrons. The fourth-order valence-electron chi connectivity index (χ4n) is 2.88. The van der Waals surface area contributed by atoms with Gasteiger partial charge in [-0.05, 0) is 18.2 Å². The molecule has 3 rings (SSSR count). The van der Waals surface area contributed by atoms with Gasteiger partial charge in [0.15, 0.2) is 0 Å². The zero-order valence-corrected chi connectivity index (χ0v) is 14.1. The number of benzene rings is 2. The van der Waals surface area contributed by atoms with Crippen molar-refractivity contribution in [3.63, 3.8) is 0 Å². The summed E-state index contributed by atoms with van der Waals surface area (Å²) in [6.07, 6.45) is 0. The molecule has 0 unspecified atom stereocenters. The summed E-state index contributed by atoms with van der Waals surface area (Å²) in [6.45, 7) is 1.66. The fourth-order valence-corrected chi connectivity index (χ4v) is 4.36. The number of nitrogens with zero attached hydrogens (tertiary/aromatic N) is 2. The van der Waals surface area contributed by atoms with Gasteiger partial charge in [-0.3, -0.25) is 10.1 Å². The molecular weight excluding hydrogens is 349 g/mol. The van der Waals surface area contributed by atoms with Crippen LogP contribution in [-0.2, 0) is 10.0 Å². The molecule has 1 aliphatic heterocycles. The Bertz CT molecular complexity index is 879. The van der Waals surface area contributed by atoms with Crippen molar-refractivity contribution in [2.24, 2.45) is 0 Å². The first-order valence-electron chi connectivity index (χ1n) is 7.73. The summed E-state index contributed by atoms with van der Waals surface area (Å²) in [5.41, 5.74) is 0.658. The summed E-state index contributed by atoms with van der Waals surface area (Å²) in [5.74, 6) is -0.310. The van der Waals surface area contributed by atoms with Crippen LogP contribution in [0.5, 0.6) is 0 Å². The number of quaternary nitrogens is 1. The number of nitrogens with one attached hydrogen (secondary N) is 1. The van der Waals surface area contributed by atoms with E-state index >= 15 is 0 Å². The highest BCUT2D eigenvalue weighted by Crippen LogP contribution is 2.21. The summed E-state index contributed by atoms with van der Waals surface area (Å²) in [7, 11) is -3.77. The molecule has 1 aliphatic rings. The van der Waals surface area contributed by atoms with Gasteiger partial charge in [0.05, 0.1) is 36.0 Å². The van der Waals surface area contributed by atoms with Gasteiger partial charge in [-0.25, -0.2) is 12.8 Å². The number of nitro benzene ring substituents is 1. The second-order valence-electron chi connectivity index (χ2n) is 5.77. The van der Waals surface area contributed by atoms with Gasteiger partial charge in [0, 0.05) is 24.3 Å². The lowest BCUT2D eigenvalue weighted by molar-refractivity contribution is -0.837.